The average molecular weight is 521 g/mol. The molecule has 3 atom stereocenters. The fourth-order valence-electron chi connectivity index (χ4n) is 3.48. The zero-order valence-corrected chi connectivity index (χ0v) is 22.2. The number of aromatic amines is 1. The normalized spacial score (nSPS) is 20.9. The second-order valence-corrected chi connectivity index (χ2v) is 15.1. The number of hydrogen-bond donors (Lipinski definition) is 2. The predicted molar refractivity (Wildman–Crippen MR) is 134 cm³/mol. The number of aromatic nitrogens is 2. The molecule has 1 aromatic heterocycles. The Morgan fingerprint density at radius 2 is 1.89 bits per heavy atom. The lowest BCUT2D eigenvalue weighted by molar-refractivity contribution is -0.538. The molecule has 0 radical (unpaired) electrons. The van der Waals surface area contributed by atoms with E-state index in [1.807, 2.05) is 0 Å². The number of rotatable bonds is 8. The molecule has 2 heterocycles. The van der Waals surface area contributed by atoms with Crippen LogP contribution in [0.25, 0.3) is 0 Å². The summed E-state index contributed by atoms with van der Waals surface area (Å²) in [4.78, 5) is 37.2. The Kier molecular flexibility index (Phi) is 7.81. The van der Waals surface area contributed by atoms with Crippen molar-refractivity contribution in [2.45, 2.75) is 70.7 Å². The van der Waals surface area contributed by atoms with Gasteiger partial charge < -0.3 is 14.4 Å². The van der Waals surface area contributed by atoms with Crippen molar-refractivity contribution in [3.8, 4) is 0 Å². The van der Waals surface area contributed by atoms with Crippen molar-refractivity contribution in [3.63, 3.8) is 0 Å². The molecule has 1 saturated heterocycles. The van der Waals surface area contributed by atoms with E-state index < -0.39 is 42.9 Å². The lowest BCUT2D eigenvalue weighted by Crippen LogP contribution is -2.47. The minimum Gasteiger partial charge on any atom is -0.696 e. The van der Waals surface area contributed by atoms with Crippen LogP contribution in [0.3, 0.4) is 0 Å². The Balaban J connectivity index is 1.81. The second-order valence-electron chi connectivity index (χ2n) is 10.3. The number of non-ortho nitro benzene ring substituents is 1. The van der Waals surface area contributed by atoms with E-state index in [4.69, 9.17) is 9.16 Å². The molecule has 1 aromatic carbocycles. The van der Waals surface area contributed by atoms with E-state index in [9.17, 15) is 24.9 Å². The van der Waals surface area contributed by atoms with Gasteiger partial charge in [0.15, 0.2) is 8.32 Å². The predicted octanol–water partition coefficient (Wildman–Crippen LogP) is 3.42. The molecular weight excluding hydrogens is 488 g/mol. The fourth-order valence-corrected chi connectivity index (χ4v) is 4.84. The molecule has 13 nitrogen and oxygen atoms in total. The standard InChI is InChI=1S/C22H32N6O7Si/c1-14-12-26(21(30)23-20(14)29)19-11-17(35-36(5,6)22(2,3)4)18(34-19)13-27(31)25-24-15-7-9-16(10-8-15)28(32)33/h7-10,12,17-19,24H,11,13H2,1-6H3,(H,23,29,30)/b27-25-/t17-,18+,19+/m1/s1. The van der Waals surface area contributed by atoms with Gasteiger partial charge in [-0.3, -0.25) is 24.5 Å². The number of nitro groups is 1. The van der Waals surface area contributed by atoms with Crippen LogP contribution in [0, 0.1) is 22.2 Å². The van der Waals surface area contributed by atoms with Gasteiger partial charge >= 0.3 is 5.69 Å². The monoisotopic (exact) mass is 520 g/mol. The van der Waals surface area contributed by atoms with E-state index in [0.29, 0.717) is 22.5 Å². The molecule has 0 unspecified atom stereocenters. The lowest BCUT2D eigenvalue weighted by Gasteiger charge is -2.39. The third-order valence-electron chi connectivity index (χ3n) is 6.59. The molecule has 0 aliphatic carbocycles. The van der Waals surface area contributed by atoms with Gasteiger partial charge in [-0.25, -0.2) is 4.79 Å². The fraction of sp³-hybridized carbons (Fsp3) is 0.545. The van der Waals surface area contributed by atoms with Gasteiger partial charge in [0.1, 0.15) is 24.6 Å². The van der Waals surface area contributed by atoms with Crippen molar-refractivity contribution < 1.29 is 18.9 Å². The van der Waals surface area contributed by atoms with Gasteiger partial charge in [0.2, 0.25) is 0 Å². The Hall–Kier alpha value is -3.36. The number of hydroxylamine groups is 1. The largest absolute Gasteiger partial charge is 0.696 e. The Labute approximate surface area is 208 Å². The number of nitro benzene ring substituents is 1. The van der Waals surface area contributed by atoms with Crippen molar-refractivity contribution in [1.29, 1.82) is 0 Å². The first-order valence-electron chi connectivity index (χ1n) is 11.5. The van der Waals surface area contributed by atoms with Gasteiger partial charge in [-0.05, 0) is 37.2 Å². The molecule has 14 heteroatoms. The summed E-state index contributed by atoms with van der Waals surface area (Å²) in [5.74, 6) is 0. The van der Waals surface area contributed by atoms with Crippen molar-refractivity contribution in [2.75, 3.05) is 12.0 Å². The van der Waals surface area contributed by atoms with E-state index >= 15 is 0 Å². The molecule has 0 spiro atoms. The van der Waals surface area contributed by atoms with E-state index in [0.717, 1.165) is 0 Å². The summed E-state index contributed by atoms with van der Waals surface area (Å²) in [6.45, 7) is 11.9. The van der Waals surface area contributed by atoms with Crippen molar-refractivity contribution in [1.82, 2.24) is 9.55 Å². The molecule has 1 aliphatic heterocycles. The SMILES string of the molecule is Cc1cn([C@@H]2C[C@@H](O[Si](C)(C)C(C)(C)C)[C@H](C/[N+]([O-])=N/Nc3ccc([N+](=O)[O-])cc3)O2)c(=O)[nH]c1=O. The molecule has 0 amide bonds. The van der Waals surface area contributed by atoms with Crippen LogP contribution in [0.15, 0.2) is 45.3 Å². The maximum Gasteiger partial charge on any atom is 0.330 e. The van der Waals surface area contributed by atoms with Crippen LogP contribution >= 0.6 is 0 Å². The highest BCUT2D eigenvalue weighted by molar-refractivity contribution is 6.74. The number of H-pyrrole nitrogens is 1. The van der Waals surface area contributed by atoms with Crippen molar-refractivity contribution in [3.05, 3.63) is 72.2 Å². The van der Waals surface area contributed by atoms with Crippen LogP contribution in [0.1, 0.15) is 39.0 Å². The molecule has 0 bridgehead atoms. The number of anilines is 1. The molecule has 0 saturated carbocycles. The second kappa shape index (κ2) is 10.3. The molecule has 1 aliphatic rings. The van der Waals surface area contributed by atoms with Gasteiger partial charge in [0, 0.05) is 30.3 Å². The number of benzene rings is 1. The van der Waals surface area contributed by atoms with Gasteiger partial charge in [-0.1, -0.05) is 20.8 Å². The summed E-state index contributed by atoms with van der Waals surface area (Å²) in [5, 5.41) is 27.1. The van der Waals surface area contributed by atoms with Crippen molar-refractivity contribution in [2.24, 2.45) is 5.22 Å². The summed E-state index contributed by atoms with van der Waals surface area (Å²) in [7, 11) is -2.26. The Bertz CT molecular complexity index is 1250. The molecule has 1 fully saturated rings. The Morgan fingerprint density at radius 3 is 2.47 bits per heavy atom. The number of hydrogen-bond acceptors (Lipinski definition) is 8. The highest BCUT2D eigenvalue weighted by atomic mass is 28.4. The first-order chi connectivity index (χ1) is 16.7. The third kappa shape index (κ3) is 6.25. The smallest absolute Gasteiger partial charge is 0.330 e. The zero-order chi connectivity index (χ0) is 26.8. The Morgan fingerprint density at radius 1 is 1.25 bits per heavy atom. The molecule has 2 N–H and O–H groups in total. The summed E-state index contributed by atoms with van der Waals surface area (Å²) < 4.78 is 14.0. The van der Waals surface area contributed by atoms with Gasteiger partial charge in [0.25, 0.3) is 11.2 Å². The highest BCUT2D eigenvalue weighted by Gasteiger charge is 2.46. The summed E-state index contributed by atoms with van der Waals surface area (Å²) in [6, 6.07) is 5.47. The average Bonchev–Trinajstić information content (AvgIpc) is 3.15. The zero-order valence-electron chi connectivity index (χ0n) is 21.2. The first kappa shape index (κ1) is 27.2. The maximum absolute atomic E-state index is 12.6. The topological polar surface area (TPSA) is 167 Å². The van der Waals surface area contributed by atoms with Crippen LogP contribution in [0.4, 0.5) is 11.4 Å². The number of nitrogens with zero attached hydrogens (tertiary/aromatic N) is 4. The molecular formula is C22H32N6O7Si. The van der Waals surface area contributed by atoms with Crippen LogP contribution in [0.5, 0.6) is 0 Å². The van der Waals surface area contributed by atoms with Gasteiger partial charge in [-0.15, -0.1) is 5.43 Å². The summed E-state index contributed by atoms with van der Waals surface area (Å²) in [5.41, 5.74) is 2.17. The minimum atomic E-state index is -2.26. The van der Waals surface area contributed by atoms with Crippen molar-refractivity contribution >= 4 is 19.7 Å². The van der Waals surface area contributed by atoms with Crippen LogP contribution < -0.4 is 16.7 Å². The number of aryl methyl sites for hydroxylation is 1. The summed E-state index contributed by atoms with van der Waals surface area (Å²) >= 11 is 0. The highest BCUT2D eigenvalue weighted by Crippen LogP contribution is 2.41. The van der Waals surface area contributed by atoms with E-state index in [1.54, 1.807) is 6.92 Å². The first-order valence-corrected chi connectivity index (χ1v) is 14.4. The van der Waals surface area contributed by atoms with Gasteiger partial charge in [0.05, 0.1) is 16.3 Å². The van der Waals surface area contributed by atoms with E-state index in [-0.39, 0.29) is 17.3 Å². The molecule has 36 heavy (non-hydrogen) atoms. The maximum atomic E-state index is 12.6. The quantitative estimate of drug-likeness (QED) is 0.175. The van der Waals surface area contributed by atoms with Crippen LogP contribution in [-0.4, -0.2) is 46.4 Å². The molecule has 196 valence electrons. The number of ether oxygens (including phenoxy) is 1. The van der Waals surface area contributed by atoms with E-state index in [1.165, 1.54) is 35.0 Å². The van der Waals surface area contributed by atoms with E-state index in [2.05, 4.69) is 49.5 Å². The van der Waals surface area contributed by atoms with Crippen LogP contribution in [-0.2, 0) is 9.16 Å². The number of nitrogens with one attached hydrogen (secondary N) is 2. The van der Waals surface area contributed by atoms with Gasteiger partial charge in [-0.2, -0.15) is 4.86 Å². The molecule has 2 aromatic rings. The lowest BCUT2D eigenvalue weighted by atomic mass is 10.2. The minimum absolute atomic E-state index is 0.0803. The van der Waals surface area contributed by atoms with Crippen LogP contribution in [0.2, 0.25) is 18.1 Å². The summed E-state index contributed by atoms with van der Waals surface area (Å²) in [6.07, 6.45) is -0.174. The molecule has 3 rings (SSSR count). The third-order valence-corrected chi connectivity index (χ3v) is 11.1.